The number of rotatable bonds is 3. The van der Waals surface area contributed by atoms with Crippen LogP contribution in [0.4, 0.5) is 0 Å². The molecule has 0 saturated carbocycles. The molecule has 11 heavy (non-hydrogen) atoms. The minimum atomic E-state index is 0.900. The van der Waals surface area contributed by atoms with Crippen molar-refractivity contribution >= 4 is 0 Å². The first-order chi connectivity index (χ1) is 5.36. The van der Waals surface area contributed by atoms with Gasteiger partial charge in [-0.3, -0.25) is 0 Å². The molecule has 0 nitrogen and oxygen atoms in total. The van der Waals surface area contributed by atoms with Crippen LogP contribution in [0.5, 0.6) is 0 Å². The van der Waals surface area contributed by atoms with Crippen molar-refractivity contribution < 1.29 is 0 Å². The van der Waals surface area contributed by atoms with Crippen LogP contribution >= 0.6 is 0 Å². The van der Waals surface area contributed by atoms with Gasteiger partial charge in [0.05, 0.1) is 0 Å². The number of hydrogen-bond acceptors (Lipinski definition) is 0. The lowest BCUT2D eigenvalue weighted by atomic mass is 10.1. The Hall–Kier alpha value is -0.780. The van der Waals surface area contributed by atoms with E-state index in [4.69, 9.17) is 0 Å². The molecular formula is C11H15. The summed E-state index contributed by atoms with van der Waals surface area (Å²) in [5.74, 6) is 0. The Morgan fingerprint density at radius 3 is 2.64 bits per heavy atom. The Bertz CT molecular complexity index is 213. The minimum Gasteiger partial charge on any atom is -0.0651 e. The van der Waals surface area contributed by atoms with Gasteiger partial charge in [-0.05, 0) is 30.9 Å². The van der Waals surface area contributed by atoms with Gasteiger partial charge < -0.3 is 0 Å². The molecular weight excluding hydrogens is 132 g/mol. The fourth-order valence-corrected chi connectivity index (χ4v) is 1.23. The predicted molar refractivity (Wildman–Crippen MR) is 49.5 cm³/mol. The molecule has 1 aromatic carbocycles. The highest BCUT2D eigenvalue weighted by atomic mass is 14.0. The molecule has 0 heterocycles. The van der Waals surface area contributed by atoms with E-state index in [9.17, 15) is 0 Å². The van der Waals surface area contributed by atoms with E-state index in [0.717, 1.165) is 6.42 Å². The maximum Gasteiger partial charge on any atom is -0.0279 e. The molecule has 0 aliphatic carbocycles. The van der Waals surface area contributed by atoms with Crippen LogP contribution in [0.2, 0.25) is 0 Å². The lowest BCUT2D eigenvalue weighted by Gasteiger charge is -2.00. The normalized spacial score (nSPS) is 10.0. The van der Waals surface area contributed by atoms with E-state index in [1.807, 2.05) is 0 Å². The van der Waals surface area contributed by atoms with Crippen LogP contribution in [0.25, 0.3) is 0 Å². The Labute approximate surface area is 69.3 Å². The van der Waals surface area contributed by atoms with Crippen molar-refractivity contribution in [2.24, 2.45) is 0 Å². The predicted octanol–water partition coefficient (Wildman–Crippen LogP) is 3.02. The van der Waals surface area contributed by atoms with Crippen LogP contribution in [0.1, 0.15) is 24.5 Å². The average Bonchev–Trinajstić information content (AvgIpc) is 2.06. The van der Waals surface area contributed by atoms with Gasteiger partial charge in [-0.2, -0.15) is 0 Å². The molecule has 0 saturated heterocycles. The highest BCUT2D eigenvalue weighted by Gasteiger charge is 1.91. The van der Waals surface area contributed by atoms with Crippen LogP contribution in [-0.4, -0.2) is 0 Å². The molecule has 0 bridgehead atoms. The quantitative estimate of drug-likeness (QED) is 0.616. The second-order valence-corrected chi connectivity index (χ2v) is 2.82. The molecule has 1 rings (SSSR count). The summed E-state index contributed by atoms with van der Waals surface area (Å²) < 4.78 is 0. The molecule has 0 fully saturated rings. The fourth-order valence-electron chi connectivity index (χ4n) is 1.23. The van der Waals surface area contributed by atoms with E-state index in [2.05, 4.69) is 38.1 Å². The van der Waals surface area contributed by atoms with Crippen molar-refractivity contribution in [3.63, 3.8) is 0 Å². The molecule has 0 atom stereocenters. The summed E-state index contributed by atoms with van der Waals surface area (Å²) in [4.78, 5) is 0. The zero-order valence-corrected chi connectivity index (χ0v) is 7.14. The maximum absolute atomic E-state index is 3.86. The van der Waals surface area contributed by atoms with Crippen LogP contribution in [0.15, 0.2) is 24.3 Å². The molecule has 1 radical (unpaired) electrons. The third-order valence-electron chi connectivity index (χ3n) is 1.82. The van der Waals surface area contributed by atoms with Gasteiger partial charge in [0.1, 0.15) is 0 Å². The summed E-state index contributed by atoms with van der Waals surface area (Å²) in [5.41, 5.74) is 2.78. The third kappa shape index (κ3) is 2.38. The summed E-state index contributed by atoms with van der Waals surface area (Å²) in [7, 11) is 0. The van der Waals surface area contributed by atoms with Gasteiger partial charge in [-0.1, -0.05) is 37.6 Å². The highest BCUT2D eigenvalue weighted by Crippen LogP contribution is 2.07. The molecule has 0 aromatic heterocycles. The van der Waals surface area contributed by atoms with Gasteiger partial charge in [0.15, 0.2) is 0 Å². The van der Waals surface area contributed by atoms with E-state index in [1.165, 1.54) is 24.0 Å². The van der Waals surface area contributed by atoms with Gasteiger partial charge in [0, 0.05) is 0 Å². The van der Waals surface area contributed by atoms with Crippen molar-refractivity contribution in [2.75, 3.05) is 0 Å². The van der Waals surface area contributed by atoms with Crippen molar-refractivity contribution in [2.45, 2.75) is 26.2 Å². The lowest BCUT2D eigenvalue weighted by molar-refractivity contribution is 0.919. The number of hydrogen-bond donors (Lipinski definition) is 0. The number of benzene rings is 1. The molecule has 0 aliphatic heterocycles. The third-order valence-corrected chi connectivity index (χ3v) is 1.82. The van der Waals surface area contributed by atoms with Crippen LogP contribution in [0, 0.1) is 6.92 Å². The van der Waals surface area contributed by atoms with Crippen LogP contribution in [-0.2, 0) is 12.8 Å². The highest BCUT2D eigenvalue weighted by molar-refractivity contribution is 5.23. The Morgan fingerprint density at radius 2 is 2.00 bits per heavy atom. The smallest absolute Gasteiger partial charge is 0.0279 e. The molecule has 0 aliphatic rings. The van der Waals surface area contributed by atoms with E-state index < -0.39 is 0 Å². The second-order valence-electron chi connectivity index (χ2n) is 2.82. The SMILES string of the molecule is [CH2]Cc1cccc(CCC)c1. The summed E-state index contributed by atoms with van der Waals surface area (Å²) in [6.45, 7) is 6.06. The first-order valence-corrected chi connectivity index (χ1v) is 4.24. The second kappa shape index (κ2) is 4.17. The van der Waals surface area contributed by atoms with Crippen molar-refractivity contribution in [3.05, 3.63) is 42.3 Å². The maximum atomic E-state index is 3.86. The minimum absolute atomic E-state index is 0.900. The largest absolute Gasteiger partial charge is 0.0651 e. The van der Waals surface area contributed by atoms with E-state index in [0.29, 0.717) is 0 Å². The van der Waals surface area contributed by atoms with Crippen LogP contribution in [0.3, 0.4) is 0 Å². The van der Waals surface area contributed by atoms with E-state index in [1.54, 1.807) is 0 Å². The number of aryl methyl sites for hydroxylation is 1. The molecule has 0 N–H and O–H groups in total. The molecule has 0 amide bonds. The molecule has 0 unspecified atom stereocenters. The van der Waals surface area contributed by atoms with Gasteiger partial charge >= 0.3 is 0 Å². The Kier molecular flexibility index (Phi) is 3.15. The van der Waals surface area contributed by atoms with Gasteiger partial charge in [-0.25, -0.2) is 0 Å². The van der Waals surface area contributed by atoms with E-state index in [-0.39, 0.29) is 0 Å². The Morgan fingerprint density at radius 1 is 1.27 bits per heavy atom. The average molecular weight is 147 g/mol. The summed E-state index contributed by atoms with van der Waals surface area (Å²) in [6, 6.07) is 8.68. The fraction of sp³-hybridized carbons (Fsp3) is 0.364. The van der Waals surface area contributed by atoms with Crippen molar-refractivity contribution in [3.8, 4) is 0 Å². The van der Waals surface area contributed by atoms with Gasteiger partial charge in [0.2, 0.25) is 0 Å². The topological polar surface area (TPSA) is 0 Å². The Balaban J connectivity index is 2.74. The molecule has 0 heteroatoms. The first kappa shape index (κ1) is 8.32. The van der Waals surface area contributed by atoms with Crippen LogP contribution < -0.4 is 0 Å². The molecule has 59 valence electrons. The van der Waals surface area contributed by atoms with Gasteiger partial charge in [-0.15, -0.1) is 0 Å². The molecule has 0 spiro atoms. The summed E-state index contributed by atoms with van der Waals surface area (Å²) in [6.07, 6.45) is 3.31. The lowest BCUT2D eigenvalue weighted by Crippen LogP contribution is -1.85. The van der Waals surface area contributed by atoms with Gasteiger partial charge in [0.25, 0.3) is 0 Å². The van der Waals surface area contributed by atoms with Crippen molar-refractivity contribution in [1.29, 1.82) is 0 Å². The first-order valence-electron chi connectivity index (χ1n) is 4.24. The zero-order valence-electron chi connectivity index (χ0n) is 7.14. The summed E-state index contributed by atoms with van der Waals surface area (Å²) >= 11 is 0. The standard InChI is InChI=1S/C11H15/c1-3-6-11-8-5-7-10(4-2)9-11/h5,7-9H,2-4,6H2,1H3. The van der Waals surface area contributed by atoms with Crippen molar-refractivity contribution in [1.82, 2.24) is 0 Å². The monoisotopic (exact) mass is 147 g/mol. The van der Waals surface area contributed by atoms with E-state index >= 15 is 0 Å². The summed E-state index contributed by atoms with van der Waals surface area (Å²) in [5, 5.41) is 0. The molecule has 1 aromatic rings. The zero-order chi connectivity index (χ0) is 8.10.